The molecule has 182 valence electrons. The van der Waals surface area contributed by atoms with Gasteiger partial charge in [0.25, 0.3) is 0 Å². The molecule has 5 aromatic heterocycles. The number of pyridine rings is 3. The number of benzene rings is 1. The predicted octanol–water partition coefficient (Wildman–Crippen LogP) is 5.61. The van der Waals surface area contributed by atoms with Gasteiger partial charge in [0, 0.05) is 59.8 Å². The molecule has 0 radical (unpaired) electrons. The number of H-pyrrole nitrogens is 2. The van der Waals surface area contributed by atoms with Gasteiger partial charge in [0.1, 0.15) is 5.69 Å². The number of fused-ring (bicyclic) bond motifs is 2. The van der Waals surface area contributed by atoms with Gasteiger partial charge in [-0.2, -0.15) is 5.10 Å². The van der Waals surface area contributed by atoms with Crippen LogP contribution in [0.2, 0.25) is 0 Å². The number of nitrogens with one attached hydrogen (secondary N) is 2. The molecule has 1 fully saturated rings. The van der Waals surface area contributed by atoms with E-state index in [2.05, 4.69) is 53.2 Å². The zero-order chi connectivity index (χ0) is 24.6. The first-order valence-electron chi connectivity index (χ1n) is 12.7. The molecule has 6 heterocycles. The summed E-state index contributed by atoms with van der Waals surface area (Å²) in [5.41, 5.74) is 8.66. The van der Waals surface area contributed by atoms with E-state index in [0.29, 0.717) is 5.82 Å². The Labute approximate surface area is 213 Å². The minimum Gasteiger partial charge on any atom is -0.337 e. The van der Waals surface area contributed by atoms with Crippen molar-refractivity contribution in [3.8, 4) is 33.8 Å². The molecule has 0 saturated carbocycles. The topological polar surface area (TPSA) is 99.3 Å². The van der Waals surface area contributed by atoms with Crippen LogP contribution in [0, 0.1) is 0 Å². The molecule has 2 N–H and O–H groups in total. The summed E-state index contributed by atoms with van der Waals surface area (Å²) in [4.78, 5) is 24.4. The molecular weight excluding hydrogens is 460 g/mol. The van der Waals surface area contributed by atoms with Crippen LogP contribution in [0.5, 0.6) is 0 Å². The van der Waals surface area contributed by atoms with Crippen LogP contribution < -0.4 is 0 Å². The lowest BCUT2D eigenvalue weighted by Gasteiger charge is -2.26. The summed E-state index contributed by atoms with van der Waals surface area (Å²) in [5, 5.41) is 8.56. The molecule has 8 nitrogen and oxygen atoms in total. The average molecular weight is 487 g/mol. The highest BCUT2D eigenvalue weighted by Crippen LogP contribution is 2.32. The van der Waals surface area contributed by atoms with Gasteiger partial charge in [-0.3, -0.25) is 20.0 Å². The van der Waals surface area contributed by atoms with E-state index in [9.17, 15) is 0 Å². The van der Waals surface area contributed by atoms with Crippen LogP contribution in [0.25, 0.3) is 55.8 Å². The Bertz CT molecular complexity index is 1700. The molecule has 0 aliphatic carbocycles. The number of para-hydroxylation sites is 1. The lowest BCUT2D eigenvalue weighted by molar-refractivity contribution is 0.220. The quantitative estimate of drug-likeness (QED) is 0.329. The van der Waals surface area contributed by atoms with E-state index >= 15 is 0 Å². The molecule has 0 bridgehead atoms. The molecule has 37 heavy (non-hydrogen) atoms. The lowest BCUT2D eigenvalue weighted by atomic mass is 10.1. The van der Waals surface area contributed by atoms with Gasteiger partial charge >= 0.3 is 0 Å². The molecule has 1 aliphatic heterocycles. The first-order valence-corrected chi connectivity index (χ1v) is 12.7. The van der Waals surface area contributed by atoms with Crippen LogP contribution in [-0.2, 0) is 6.54 Å². The van der Waals surface area contributed by atoms with E-state index in [-0.39, 0.29) is 0 Å². The van der Waals surface area contributed by atoms with Crippen molar-refractivity contribution in [1.29, 1.82) is 0 Å². The summed E-state index contributed by atoms with van der Waals surface area (Å²) < 4.78 is 0. The number of imidazole rings is 1. The standard InChI is InChI=1S/C29H26N8/c1-2-10-37(11-3-1)18-19-12-21(16-31-14-19)22-13-24-27(35-36-28(24)32-17-22)29-33-25-8-4-7-23(26(25)34-29)20-6-5-9-30-15-20/h4-9,12-17H,1-3,10-11,18H2,(H,33,34)(H,32,35,36). The Hall–Kier alpha value is -4.43. The number of rotatable bonds is 5. The number of aromatic nitrogens is 7. The number of hydrogen-bond donors (Lipinski definition) is 2. The highest BCUT2D eigenvalue weighted by Gasteiger charge is 2.17. The molecular formula is C29H26N8. The highest BCUT2D eigenvalue weighted by atomic mass is 15.2. The fourth-order valence-corrected chi connectivity index (χ4v) is 5.25. The van der Waals surface area contributed by atoms with Gasteiger partial charge < -0.3 is 4.98 Å². The molecule has 0 spiro atoms. The van der Waals surface area contributed by atoms with E-state index in [1.54, 1.807) is 6.20 Å². The monoisotopic (exact) mass is 486 g/mol. The minimum absolute atomic E-state index is 0.702. The Balaban J connectivity index is 1.26. The predicted molar refractivity (Wildman–Crippen MR) is 145 cm³/mol. The van der Waals surface area contributed by atoms with Crippen LogP contribution in [0.3, 0.4) is 0 Å². The van der Waals surface area contributed by atoms with Gasteiger partial charge in [0.05, 0.1) is 16.4 Å². The van der Waals surface area contributed by atoms with Crippen molar-refractivity contribution in [2.45, 2.75) is 25.8 Å². The van der Waals surface area contributed by atoms with Crippen LogP contribution >= 0.6 is 0 Å². The molecule has 7 rings (SSSR count). The Kier molecular flexibility index (Phi) is 5.44. The maximum absolute atomic E-state index is 4.95. The van der Waals surface area contributed by atoms with Crippen molar-refractivity contribution >= 4 is 22.1 Å². The van der Waals surface area contributed by atoms with Crippen molar-refractivity contribution < 1.29 is 0 Å². The lowest BCUT2D eigenvalue weighted by Crippen LogP contribution is -2.29. The van der Waals surface area contributed by atoms with Crippen molar-refractivity contribution in [3.05, 3.63) is 79.0 Å². The SMILES string of the molecule is c1cncc(-c2cccc3[nH]c(-c4n[nH]c5ncc(-c6cncc(CN7CCCCC7)c6)cc45)nc23)c1. The van der Waals surface area contributed by atoms with E-state index in [0.717, 1.165) is 69.6 Å². The number of hydrogen-bond acceptors (Lipinski definition) is 6. The van der Waals surface area contributed by atoms with Gasteiger partial charge in [-0.15, -0.1) is 0 Å². The summed E-state index contributed by atoms with van der Waals surface area (Å²) in [6.07, 6.45) is 13.3. The largest absolute Gasteiger partial charge is 0.337 e. The number of likely N-dealkylation sites (tertiary alicyclic amines) is 1. The third-order valence-corrected chi connectivity index (χ3v) is 7.11. The Morgan fingerprint density at radius 2 is 1.73 bits per heavy atom. The third-order valence-electron chi connectivity index (χ3n) is 7.11. The smallest absolute Gasteiger partial charge is 0.159 e. The molecule has 1 aliphatic rings. The number of aromatic amines is 2. The van der Waals surface area contributed by atoms with Gasteiger partial charge in [-0.25, -0.2) is 9.97 Å². The van der Waals surface area contributed by atoms with Crippen LogP contribution in [-0.4, -0.2) is 53.1 Å². The molecule has 8 heteroatoms. The van der Waals surface area contributed by atoms with Gasteiger partial charge in [-0.1, -0.05) is 24.6 Å². The third kappa shape index (κ3) is 4.15. The van der Waals surface area contributed by atoms with E-state index in [4.69, 9.17) is 4.98 Å². The molecule has 1 aromatic carbocycles. The summed E-state index contributed by atoms with van der Waals surface area (Å²) in [6, 6.07) is 14.5. The maximum Gasteiger partial charge on any atom is 0.159 e. The van der Waals surface area contributed by atoms with Gasteiger partial charge in [0.15, 0.2) is 11.5 Å². The normalized spacial score (nSPS) is 14.5. The zero-order valence-corrected chi connectivity index (χ0v) is 20.4. The van der Waals surface area contributed by atoms with E-state index in [1.165, 1.54) is 24.8 Å². The average Bonchev–Trinajstić information content (AvgIpc) is 3.58. The summed E-state index contributed by atoms with van der Waals surface area (Å²) in [7, 11) is 0. The first kappa shape index (κ1) is 21.8. The Morgan fingerprint density at radius 1 is 0.838 bits per heavy atom. The summed E-state index contributed by atoms with van der Waals surface area (Å²) in [5.74, 6) is 0.702. The second-order valence-corrected chi connectivity index (χ2v) is 9.64. The molecule has 0 amide bonds. The van der Waals surface area contributed by atoms with Crippen molar-refractivity contribution in [2.24, 2.45) is 0 Å². The van der Waals surface area contributed by atoms with Crippen molar-refractivity contribution in [3.63, 3.8) is 0 Å². The number of nitrogens with zero attached hydrogens (tertiary/aromatic N) is 6. The fourth-order valence-electron chi connectivity index (χ4n) is 5.25. The van der Waals surface area contributed by atoms with E-state index < -0.39 is 0 Å². The second kappa shape index (κ2) is 9.22. The fraction of sp³-hybridized carbons (Fsp3) is 0.207. The van der Waals surface area contributed by atoms with Crippen molar-refractivity contribution in [2.75, 3.05) is 13.1 Å². The Morgan fingerprint density at radius 3 is 2.62 bits per heavy atom. The van der Waals surface area contributed by atoms with Crippen LogP contribution in [0.15, 0.2) is 73.4 Å². The minimum atomic E-state index is 0.702. The van der Waals surface area contributed by atoms with Crippen molar-refractivity contribution in [1.82, 2.24) is 40.0 Å². The van der Waals surface area contributed by atoms with Crippen LogP contribution in [0.4, 0.5) is 0 Å². The second-order valence-electron chi connectivity index (χ2n) is 9.64. The molecule has 0 atom stereocenters. The highest BCUT2D eigenvalue weighted by molar-refractivity contribution is 5.97. The molecule has 6 aromatic rings. The summed E-state index contributed by atoms with van der Waals surface area (Å²) in [6.45, 7) is 3.26. The van der Waals surface area contributed by atoms with Gasteiger partial charge in [0.2, 0.25) is 0 Å². The molecule has 0 unspecified atom stereocenters. The summed E-state index contributed by atoms with van der Waals surface area (Å²) >= 11 is 0. The first-order chi connectivity index (χ1) is 18.3. The van der Waals surface area contributed by atoms with Crippen LogP contribution in [0.1, 0.15) is 24.8 Å². The zero-order valence-electron chi connectivity index (χ0n) is 20.4. The maximum atomic E-state index is 4.95. The number of piperidine rings is 1. The van der Waals surface area contributed by atoms with Gasteiger partial charge in [-0.05, 0) is 55.8 Å². The van der Waals surface area contributed by atoms with E-state index in [1.807, 2.05) is 49.1 Å². The molecule has 1 saturated heterocycles.